The third-order valence-electron chi connectivity index (χ3n) is 3.59. The zero-order chi connectivity index (χ0) is 13.7. The standard InChI is InChI=1S/C15H22N2OS/c1-2-19-14-6-4-3-5-13(14)17-15(18)11-7-9-12(16)10-8-11/h3-6,11-12H,2,7-10,16H2,1H3,(H,17,18). The molecule has 1 saturated carbocycles. The van der Waals surface area contributed by atoms with E-state index in [2.05, 4.69) is 18.3 Å². The fourth-order valence-electron chi connectivity index (χ4n) is 2.47. The number of amides is 1. The average molecular weight is 278 g/mol. The Morgan fingerprint density at radius 2 is 2.00 bits per heavy atom. The van der Waals surface area contributed by atoms with Crippen molar-refractivity contribution in [3.8, 4) is 0 Å². The largest absolute Gasteiger partial charge is 0.328 e. The molecule has 3 nitrogen and oxygen atoms in total. The van der Waals surface area contributed by atoms with Crippen LogP contribution in [0.25, 0.3) is 0 Å². The van der Waals surface area contributed by atoms with Crippen LogP contribution in [-0.2, 0) is 4.79 Å². The molecule has 104 valence electrons. The van der Waals surface area contributed by atoms with Crippen LogP contribution in [0.4, 0.5) is 5.69 Å². The van der Waals surface area contributed by atoms with Gasteiger partial charge < -0.3 is 11.1 Å². The van der Waals surface area contributed by atoms with Crippen molar-refractivity contribution in [2.24, 2.45) is 11.7 Å². The number of anilines is 1. The van der Waals surface area contributed by atoms with Gasteiger partial charge in [0.05, 0.1) is 5.69 Å². The number of carbonyl (C=O) groups excluding carboxylic acids is 1. The Hall–Kier alpha value is -1.00. The Balaban J connectivity index is 1.98. The second-order valence-electron chi connectivity index (χ2n) is 5.03. The summed E-state index contributed by atoms with van der Waals surface area (Å²) >= 11 is 1.76. The molecule has 4 heteroatoms. The van der Waals surface area contributed by atoms with Crippen molar-refractivity contribution in [3.63, 3.8) is 0 Å². The van der Waals surface area contributed by atoms with E-state index in [-0.39, 0.29) is 17.9 Å². The van der Waals surface area contributed by atoms with Gasteiger partial charge in [0.15, 0.2) is 0 Å². The Labute approximate surface area is 119 Å². The smallest absolute Gasteiger partial charge is 0.227 e. The molecule has 0 heterocycles. The fraction of sp³-hybridized carbons (Fsp3) is 0.533. The molecule has 1 aromatic rings. The SMILES string of the molecule is CCSc1ccccc1NC(=O)C1CCC(N)CC1. The lowest BCUT2D eigenvalue weighted by Crippen LogP contribution is -2.32. The summed E-state index contributed by atoms with van der Waals surface area (Å²) in [5.74, 6) is 1.28. The van der Waals surface area contributed by atoms with Gasteiger partial charge >= 0.3 is 0 Å². The molecule has 19 heavy (non-hydrogen) atoms. The van der Waals surface area contributed by atoms with Crippen molar-refractivity contribution in [2.45, 2.75) is 43.5 Å². The van der Waals surface area contributed by atoms with Crippen molar-refractivity contribution >= 4 is 23.4 Å². The lowest BCUT2D eigenvalue weighted by Gasteiger charge is -2.25. The van der Waals surface area contributed by atoms with Gasteiger partial charge in [-0.25, -0.2) is 0 Å². The lowest BCUT2D eigenvalue weighted by atomic mass is 9.86. The number of rotatable bonds is 4. The maximum Gasteiger partial charge on any atom is 0.227 e. The van der Waals surface area contributed by atoms with Gasteiger partial charge in [-0.2, -0.15) is 0 Å². The minimum absolute atomic E-state index is 0.125. The van der Waals surface area contributed by atoms with Gasteiger partial charge in [0.2, 0.25) is 5.91 Å². The maximum atomic E-state index is 12.3. The van der Waals surface area contributed by atoms with Crippen LogP contribution in [0.5, 0.6) is 0 Å². The van der Waals surface area contributed by atoms with Crippen LogP contribution in [0.3, 0.4) is 0 Å². The van der Waals surface area contributed by atoms with Gasteiger partial charge in [-0.3, -0.25) is 4.79 Å². The van der Waals surface area contributed by atoms with Crippen LogP contribution >= 0.6 is 11.8 Å². The number of hydrogen-bond acceptors (Lipinski definition) is 3. The predicted octanol–water partition coefficient (Wildman–Crippen LogP) is 3.25. The van der Waals surface area contributed by atoms with Gasteiger partial charge in [0.25, 0.3) is 0 Å². The van der Waals surface area contributed by atoms with E-state index in [1.807, 2.05) is 18.2 Å². The van der Waals surface area contributed by atoms with Gasteiger partial charge in [0.1, 0.15) is 0 Å². The molecule has 1 aromatic carbocycles. The normalized spacial score (nSPS) is 23.1. The first kappa shape index (κ1) is 14.4. The topological polar surface area (TPSA) is 55.1 Å². The van der Waals surface area contributed by atoms with Gasteiger partial charge in [-0.05, 0) is 43.6 Å². The van der Waals surface area contributed by atoms with E-state index in [0.29, 0.717) is 0 Å². The molecule has 3 N–H and O–H groups in total. The lowest BCUT2D eigenvalue weighted by molar-refractivity contribution is -0.120. The molecule has 0 aromatic heterocycles. The first-order chi connectivity index (χ1) is 9.20. The number of carbonyl (C=O) groups is 1. The molecule has 0 aliphatic heterocycles. The average Bonchev–Trinajstić information content (AvgIpc) is 2.42. The van der Waals surface area contributed by atoms with Crippen LogP contribution < -0.4 is 11.1 Å². The molecule has 1 aliphatic rings. The molecule has 0 atom stereocenters. The highest BCUT2D eigenvalue weighted by Crippen LogP contribution is 2.29. The Kier molecular flexibility index (Phi) is 5.28. The highest BCUT2D eigenvalue weighted by molar-refractivity contribution is 7.99. The van der Waals surface area contributed by atoms with E-state index in [4.69, 9.17) is 5.73 Å². The second-order valence-corrected chi connectivity index (χ2v) is 6.34. The molecular formula is C15H22N2OS. The van der Waals surface area contributed by atoms with Crippen LogP contribution in [0, 0.1) is 5.92 Å². The summed E-state index contributed by atoms with van der Waals surface area (Å²) in [6, 6.07) is 8.29. The molecule has 0 bridgehead atoms. The molecule has 2 rings (SSSR count). The third-order valence-corrected chi connectivity index (χ3v) is 4.54. The van der Waals surface area contributed by atoms with Crippen molar-refractivity contribution < 1.29 is 4.79 Å². The van der Waals surface area contributed by atoms with E-state index in [1.165, 1.54) is 0 Å². The van der Waals surface area contributed by atoms with Crippen LogP contribution in [0.2, 0.25) is 0 Å². The summed E-state index contributed by atoms with van der Waals surface area (Å²) in [5.41, 5.74) is 6.82. The van der Waals surface area contributed by atoms with E-state index in [0.717, 1.165) is 42.0 Å². The molecular weight excluding hydrogens is 256 g/mol. The zero-order valence-electron chi connectivity index (χ0n) is 11.4. The molecule has 0 unspecified atom stereocenters. The highest BCUT2D eigenvalue weighted by Gasteiger charge is 2.24. The van der Waals surface area contributed by atoms with E-state index < -0.39 is 0 Å². The highest BCUT2D eigenvalue weighted by atomic mass is 32.2. The van der Waals surface area contributed by atoms with E-state index in [9.17, 15) is 4.79 Å². The molecule has 0 radical (unpaired) electrons. The number of hydrogen-bond donors (Lipinski definition) is 2. The van der Waals surface area contributed by atoms with Crippen LogP contribution in [-0.4, -0.2) is 17.7 Å². The molecule has 0 spiro atoms. The van der Waals surface area contributed by atoms with E-state index in [1.54, 1.807) is 11.8 Å². The molecule has 1 fully saturated rings. The third kappa shape index (κ3) is 3.98. The van der Waals surface area contributed by atoms with Crippen molar-refractivity contribution in [3.05, 3.63) is 24.3 Å². The van der Waals surface area contributed by atoms with Crippen molar-refractivity contribution in [2.75, 3.05) is 11.1 Å². The number of benzene rings is 1. The van der Waals surface area contributed by atoms with Crippen molar-refractivity contribution in [1.29, 1.82) is 0 Å². The first-order valence-electron chi connectivity index (χ1n) is 6.99. The van der Waals surface area contributed by atoms with Crippen LogP contribution in [0.15, 0.2) is 29.2 Å². The number of thioether (sulfide) groups is 1. The summed E-state index contributed by atoms with van der Waals surface area (Å²) in [6.07, 6.45) is 3.75. The number of para-hydroxylation sites is 1. The first-order valence-corrected chi connectivity index (χ1v) is 7.97. The maximum absolute atomic E-state index is 12.3. The Morgan fingerprint density at radius 3 is 2.68 bits per heavy atom. The minimum atomic E-state index is 0.125. The monoisotopic (exact) mass is 278 g/mol. The molecule has 1 amide bonds. The summed E-state index contributed by atoms with van der Waals surface area (Å²) < 4.78 is 0. The van der Waals surface area contributed by atoms with Crippen molar-refractivity contribution in [1.82, 2.24) is 0 Å². The van der Waals surface area contributed by atoms with Crippen LogP contribution in [0.1, 0.15) is 32.6 Å². The van der Waals surface area contributed by atoms with E-state index >= 15 is 0 Å². The van der Waals surface area contributed by atoms with Gasteiger partial charge in [-0.1, -0.05) is 19.1 Å². The minimum Gasteiger partial charge on any atom is -0.328 e. The second kappa shape index (κ2) is 6.96. The van der Waals surface area contributed by atoms with Gasteiger partial charge in [-0.15, -0.1) is 11.8 Å². The summed E-state index contributed by atoms with van der Waals surface area (Å²) in [7, 11) is 0. The number of nitrogens with one attached hydrogen (secondary N) is 1. The zero-order valence-corrected chi connectivity index (χ0v) is 12.2. The number of nitrogens with two attached hydrogens (primary N) is 1. The quantitative estimate of drug-likeness (QED) is 0.831. The van der Waals surface area contributed by atoms with Gasteiger partial charge in [0, 0.05) is 16.9 Å². The fourth-order valence-corrected chi connectivity index (χ4v) is 3.23. The summed E-state index contributed by atoms with van der Waals surface area (Å²) in [6.45, 7) is 2.12. The Bertz CT molecular complexity index is 428. The Morgan fingerprint density at radius 1 is 1.32 bits per heavy atom. The summed E-state index contributed by atoms with van der Waals surface area (Å²) in [4.78, 5) is 13.4. The molecule has 0 saturated heterocycles. The predicted molar refractivity (Wildman–Crippen MR) is 81.4 cm³/mol. The summed E-state index contributed by atoms with van der Waals surface area (Å²) in [5, 5.41) is 3.08. The molecule has 1 aliphatic carbocycles.